The van der Waals surface area contributed by atoms with Gasteiger partial charge in [0.1, 0.15) is 5.25 Å². The van der Waals surface area contributed by atoms with Gasteiger partial charge in [0.05, 0.1) is 11.3 Å². The van der Waals surface area contributed by atoms with E-state index in [1.165, 1.54) is 34.9 Å². The van der Waals surface area contributed by atoms with Crippen molar-refractivity contribution >= 4 is 57.7 Å². The lowest BCUT2D eigenvalue weighted by molar-refractivity contribution is -0.128. The lowest BCUT2D eigenvalue weighted by atomic mass is 10.2. The first kappa shape index (κ1) is 19.9. The lowest BCUT2D eigenvalue weighted by Crippen LogP contribution is -2.43. The summed E-state index contributed by atoms with van der Waals surface area (Å²) < 4.78 is 0. The van der Waals surface area contributed by atoms with Gasteiger partial charge in [-0.3, -0.25) is 14.5 Å². The lowest BCUT2D eigenvalue weighted by Gasteiger charge is -2.28. The van der Waals surface area contributed by atoms with Crippen molar-refractivity contribution in [2.75, 3.05) is 12.4 Å². The number of aromatic carboxylic acids is 1. The third-order valence-corrected chi connectivity index (χ3v) is 5.45. The number of aliphatic imine (C=N–C) groups is 1. The van der Waals surface area contributed by atoms with Crippen LogP contribution in [0.2, 0.25) is 5.02 Å². The van der Waals surface area contributed by atoms with Crippen LogP contribution in [0.1, 0.15) is 16.8 Å². The van der Waals surface area contributed by atoms with Crippen LogP contribution in [-0.2, 0) is 9.59 Å². The van der Waals surface area contributed by atoms with Crippen LogP contribution < -0.4 is 5.32 Å². The summed E-state index contributed by atoms with van der Waals surface area (Å²) in [7, 11) is 1.60. The smallest absolute Gasteiger partial charge is 0.335 e. The van der Waals surface area contributed by atoms with Gasteiger partial charge < -0.3 is 10.4 Å². The van der Waals surface area contributed by atoms with Gasteiger partial charge in [-0.15, -0.1) is 0 Å². The van der Waals surface area contributed by atoms with Gasteiger partial charge in [-0.2, -0.15) is 0 Å². The summed E-state index contributed by atoms with van der Waals surface area (Å²) in [5, 5.41) is 11.9. The Kier molecular flexibility index (Phi) is 6.01. The van der Waals surface area contributed by atoms with Crippen LogP contribution in [0.4, 0.5) is 11.4 Å². The first-order valence-electron chi connectivity index (χ1n) is 8.25. The molecule has 28 heavy (non-hydrogen) atoms. The number of rotatable bonds is 4. The topological polar surface area (TPSA) is 99.1 Å². The van der Waals surface area contributed by atoms with Gasteiger partial charge in [0.25, 0.3) is 0 Å². The Balaban J connectivity index is 1.78. The molecule has 0 saturated carbocycles. The van der Waals surface area contributed by atoms with Crippen molar-refractivity contribution in [1.82, 2.24) is 4.90 Å². The molecule has 2 amide bonds. The van der Waals surface area contributed by atoms with E-state index in [-0.39, 0.29) is 17.9 Å². The van der Waals surface area contributed by atoms with Crippen LogP contribution in [0.5, 0.6) is 0 Å². The molecule has 2 N–H and O–H groups in total. The van der Waals surface area contributed by atoms with Crippen molar-refractivity contribution in [2.24, 2.45) is 4.99 Å². The van der Waals surface area contributed by atoms with E-state index in [2.05, 4.69) is 10.3 Å². The van der Waals surface area contributed by atoms with Crippen molar-refractivity contribution in [1.29, 1.82) is 0 Å². The molecule has 1 saturated heterocycles. The minimum atomic E-state index is -1.09. The Bertz CT molecular complexity index is 979. The number of carbonyl (C=O) groups is 3. The summed E-state index contributed by atoms with van der Waals surface area (Å²) in [6.45, 7) is 0. The number of benzene rings is 2. The van der Waals surface area contributed by atoms with Gasteiger partial charge >= 0.3 is 5.97 Å². The number of hydrogen-bond donors (Lipinski definition) is 2. The number of amides is 2. The maximum Gasteiger partial charge on any atom is 0.335 e. The normalized spacial score (nSPS) is 18.2. The predicted octanol–water partition coefficient (Wildman–Crippen LogP) is 3.63. The average Bonchev–Trinajstić information content (AvgIpc) is 2.65. The molecule has 2 aromatic carbocycles. The number of carboxylic acid groups (broad SMARTS) is 1. The summed E-state index contributed by atoms with van der Waals surface area (Å²) in [5.41, 5.74) is 0.989. The van der Waals surface area contributed by atoms with E-state index in [4.69, 9.17) is 16.7 Å². The second kappa shape index (κ2) is 8.45. The summed E-state index contributed by atoms with van der Waals surface area (Å²) in [6.07, 6.45) is 0.0141. The van der Waals surface area contributed by atoms with Crippen molar-refractivity contribution in [3.63, 3.8) is 0 Å². The van der Waals surface area contributed by atoms with Gasteiger partial charge in [0.15, 0.2) is 5.17 Å². The van der Waals surface area contributed by atoms with E-state index in [1.54, 1.807) is 37.4 Å². The quantitative estimate of drug-likeness (QED) is 0.791. The standard InChI is InChI=1S/C19H16ClN3O4S/c1-23-16(24)10-15(28-19(23)22-14-7-3-5-12(20)9-14)17(25)21-13-6-2-4-11(8-13)18(26)27/h2-9,15H,10H2,1H3,(H,21,25)(H,26,27)/t15-/m0/s1. The molecule has 1 fully saturated rings. The van der Waals surface area contributed by atoms with Gasteiger partial charge in [-0.25, -0.2) is 9.79 Å². The van der Waals surface area contributed by atoms with E-state index in [0.29, 0.717) is 21.6 Å². The number of carboxylic acids is 1. The zero-order chi connectivity index (χ0) is 20.3. The minimum Gasteiger partial charge on any atom is -0.478 e. The van der Waals surface area contributed by atoms with Crippen LogP contribution in [0.25, 0.3) is 0 Å². The number of amidine groups is 1. The Morgan fingerprint density at radius 3 is 2.71 bits per heavy atom. The molecule has 1 aliphatic rings. The highest BCUT2D eigenvalue weighted by Gasteiger charge is 2.34. The number of anilines is 1. The predicted molar refractivity (Wildman–Crippen MR) is 109 cm³/mol. The molecule has 1 heterocycles. The molecule has 2 aromatic rings. The number of thioether (sulfide) groups is 1. The monoisotopic (exact) mass is 417 g/mol. The van der Waals surface area contributed by atoms with Crippen LogP contribution >= 0.6 is 23.4 Å². The highest BCUT2D eigenvalue weighted by atomic mass is 35.5. The van der Waals surface area contributed by atoms with Gasteiger partial charge in [0.2, 0.25) is 11.8 Å². The van der Waals surface area contributed by atoms with Gasteiger partial charge in [-0.1, -0.05) is 35.5 Å². The number of nitrogens with one attached hydrogen (secondary N) is 1. The van der Waals surface area contributed by atoms with Gasteiger partial charge in [-0.05, 0) is 36.4 Å². The van der Waals surface area contributed by atoms with E-state index in [1.807, 2.05) is 0 Å². The molecule has 1 atom stereocenters. The van der Waals surface area contributed by atoms with Crippen molar-refractivity contribution in [3.8, 4) is 0 Å². The maximum absolute atomic E-state index is 12.6. The van der Waals surface area contributed by atoms with E-state index in [0.717, 1.165) is 0 Å². The van der Waals surface area contributed by atoms with Crippen LogP contribution in [0.3, 0.4) is 0 Å². The summed E-state index contributed by atoms with van der Waals surface area (Å²) in [4.78, 5) is 41.8. The summed E-state index contributed by atoms with van der Waals surface area (Å²) >= 11 is 7.14. The van der Waals surface area contributed by atoms with Crippen LogP contribution in [0, 0.1) is 0 Å². The average molecular weight is 418 g/mol. The summed E-state index contributed by atoms with van der Waals surface area (Å²) in [5.74, 6) is -1.72. The second-order valence-corrected chi connectivity index (χ2v) is 7.62. The third kappa shape index (κ3) is 4.71. The molecule has 9 heteroatoms. The SMILES string of the molecule is CN1C(=O)C[C@@H](C(=O)Nc2cccc(C(=O)O)c2)SC1=Nc1cccc(Cl)c1. The Morgan fingerprint density at radius 1 is 1.25 bits per heavy atom. The van der Waals surface area contributed by atoms with Gasteiger partial charge in [0, 0.05) is 24.2 Å². The van der Waals surface area contributed by atoms with Crippen LogP contribution in [-0.4, -0.2) is 45.3 Å². The second-order valence-electron chi connectivity index (χ2n) is 6.01. The first-order chi connectivity index (χ1) is 13.3. The number of halogens is 1. The Hall–Kier alpha value is -2.84. The summed E-state index contributed by atoms with van der Waals surface area (Å²) in [6, 6.07) is 12.8. The molecule has 0 bridgehead atoms. The van der Waals surface area contributed by atoms with Crippen molar-refractivity contribution in [2.45, 2.75) is 11.7 Å². The fraction of sp³-hybridized carbons (Fsp3) is 0.158. The maximum atomic E-state index is 12.6. The highest BCUT2D eigenvalue weighted by Crippen LogP contribution is 2.29. The Morgan fingerprint density at radius 2 is 2.00 bits per heavy atom. The largest absolute Gasteiger partial charge is 0.478 e. The molecule has 1 aliphatic heterocycles. The van der Waals surface area contributed by atoms with E-state index < -0.39 is 17.1 Å². The molecule has 144 valence electrons. The van der Waals surface area contributed by atoms with Crippen LogP contribution in [0.15, 0.2) is 53.5 Å². The molecule has 0 unspecified atom stereocenters. The molecule has 0 radical (unpaired) electrons. The van der Waals surface area contributed by atoms with Crippen molar-refractivity contribution in [3.05, 3.63) is 59.1 Å². The zero-order valence-corrected chi connectivity index (χ0v) is 16.3. The fourth-order valence-electron chi connectivity index (χ4n) is 2.51. The zero-order valence-electron chi connectivity index (χ0n) is 14.8. The molecule has 0 spiro atoms. The molecule has 0 aromatic heterocycles. The number of carbonyl (C=O) groups excluding carboxylic acids is 2. The first-order valence-corrected chi connectivity index (χ1v) is 9.51. The molecular formula is C19H16ClN3O4S. The third-order valence-electron chi connectivity index (χ3n) is 3.97. The Labute approximate surface area is 170 Å². The van der Waals surface area contributed by atoms with Crippen molar-refractivity contribution < 1.29 is 19.5 Å². The molecule has 0 aliphatic carbocycles. The molecular weight excluding hydrogens is 402 g/mol. The molecule has 7 nitrogen and oxygen atoms in total. The minimum absolute atomic E-state index is 0.0141. The molecule has 3 rings (SSSR count). The number of hydrogen-bond acceptors (Lipinski definition) is 5. The highest BCUT2D eigenvalue weighted by molar-refractivity contribution is 8.15. The number of nitrogens with zero attached hydrogens (tertiary/aromatic N) is 2. The fourth-order valence-corrected chi connectivity index (χ4v) is 3.76. The van der Waals surface area contributed by atoms with E-state index in [9.17, 15) is 14.4 Å². The van der Waals surface area contributed by atoms with E-state index >= 15 is 0 Å².